The second-order valence-electron chi connectivity index (χ2n) is 2.23. The van der Waals surface area contributed by atoms with E-state index in [4.69, 9.17) is 10.8 Å². The highest BCUT2D eigenvalue weighted by Crippen LogP contribution is 1.84. The summed E-state index contributed by atoms with van der Waals surface area (Å²) in [4.78, 5) is 10.4. The van der Waals surface area contributed by atoms with Gasteiger partial charge in [0.2, 0.25) is 0 Å². The summed E-state index contributed by atoms with van der Waals surface area (Å²) in [6.07, 6.45) is 0. The zero-order valence-electron chi connectivity index (χ0n) is 5.90. The summed E-state index contributed by atoms with van der Waals surface area (Å²) in [6, 6.07) is 8.73. The molecule has 0 saturated carbocycles. The highest BCUT2D eigenvalue weighted by molar-refractivity contribution is 6.95. The van der Waals surface area contributed by atoms with Gasteiger partial charge in [0.15, 0.2) is 0 Å². The fraction of sp³-hybridized carbons (Fsp3) is 0. The first-order chi connectivity index (χ1) is 5.22. The van der Waals surface area contributed by atoms with Crippen LogP contribution in [0.2, 0.25) is 0 Å². The molecule has 11 heavy (non-hydrogen) atoms. The van der Waals surface area contributed by atoms with Gasteiger partial charge in [0.05, 0.1) is 0 Å². The molecule has 1 aromatic carbocycles. The summed E-state index contributed by atoms with van der Waals surface area (Å²) in [5, 5.41) is 8.51. The van der Waals surface area contributed by atoms with Crippen molar-refractivity contribution in [1.29, 1.82) is 0 Å². The maximum atomic E-state index is 10.4. The van der Waals surface area contributed by atoms with Crippen LogP contribution in [-0.2, 0) is 0 Å². The van der Waals surface area contributed by atoms with E-state index in [0.717, 1.165) is 0 Å². The molecule has 0 heterocycles. The molecule has 1 rings (SSSR count). The standard InChI is InChI=1S/C7H8BNO2/c9-8(7(10)11)6-4-2-1-3-5-6/h1-5H,9H2,(H,10,11). The molecule has 56 valence electrons. The van der Waals surface area contributed by atoms with E-state index in [-0.39, 0.29) is 0 Å². The van der Waals surface area contributed by atoms with Crippen molar-refractivity contribution in [1.82, 2.24) is 0 Å². The van der Waals surface area contributed by atoms with Crippen LogP contribution in [0, 0.1) is 0 Å². The predicted molar refractivity (Wildman–Crippen MR) is 44.0 cm³/mol. The lowest BCUT2D eigenvalue weighted by Gasteiger charge is -1.99. The first-order valence-corrected chi connectivity index (χ1v) is 3.25. The number of rotatable bonds is 2. The van der Waals surface area contributed by atoms with Gasteiger partial charge in [-0.2, -0.15) is 0 Å². The number of carbonyl (C=O) groups is 1. The summed E-state index contributed by atoms with van der Waals surface area (Å²) >= 11 is 0. The molecule has 0 radical (unpaired) electrons. The Kier molecular flexibility index (Phi) is 2.28. The molecular formula is C7H8BNO2. The van der Waals surface area contributed by atoms with E-state index < -0.39 is 12.7 Å². The quantitative estimate of drug-likeness (QED) is 0.586. The minimum absolute atomic E-state index is 0.625. The van der Waals surface area contributed by atoms with Gasteiger partial charge in [-0.3, -0.25) is 4.79 Å². The maximum Gasteiger partial charge on any atom is 0.386 e. The normalized spacial score (nSPS) is 9.18. The van der Waals surface area contributed by atoms with Crippen LogP contribution < -0.4 is 11.1 Å². The fourth-order valence-corrected chi connectivity index (χ4v) is 0.803. The molecule has 0 aliphatic carbocycles. The van der Waals surface area contributed by atoms with E-state index in [0.29, 0.717) is 5.46 Å². The fourth-order valence-electron chi connectivity index (χ4n) is 0.803. The Hall–Kier alpha value is -1.29. The third-order valence-corrected chi connectivity index (χ3v) is 1.42. The van der Waals surface area contributed by atoms with Gasteiger partial charge in [-0.1, -0.05) is 35.8 Å². The van der Waals surface area contributed by atoms with Gasteiger partial charge in [0.25, 0.3) is 5.87 Å². The van der Waals surface area contributed by atoms with Gasteiger partial charge < -0.3 is 10.8 Å². The number of benzene rings is 1. The van der Waals surface area contributed by atoms with E-state index in [1.54, 1.807) is 24.3 Å². The lowest BCUT2D eigenvalue weighted by atomic mass is 9.58. The van der Waals surface area contributed by atoms with E-state index in [1.807, 2.05) is 6.07 Å². The van der Waals surface area contributed by atoms with Crippen molar-refractivity contribution < 1.29 is 9.90 Å². The van der Waals surface area contributed by atoms with Crippen molar-refractivity contribution in [2.45, 2.75) is 0 Å². The molecule has 0 bridgehead atoms. The molecule has 0 aliphatic rings. The number of carboxylic acid groups (broad SMARTS) is 1. The minimum atomic E-state index is -1.00. The molecule has 0 amide bonds. The Morgan fingerprint density at radius 2 is 1.91 bits per heavy atom. The molecule has 0 fully saturated rings. The molecular weight excluding hydrogens is 141 g/mol. The number of hydrogen-bond acceptors (Lipinski definition) is 2. The molecule has 0 atom stereocenters. The Labute approximate surface area is 64.9 Å². The molecule has 0 saturated heterocycles. The highest BCUT2D eigenvalue weighted by atomic mass is 16.4. The van der Waals surface area contributed by atoms with Crippen molar-refractivity contribution in [2.75, 3.05) is 0 Å². The topological polar surface area (TPSA) is 63.3 Å². The zero-order valence-corrected chi connectivity index (χ0v) is 5.90. The Balaban J connectivity index is 2.85. The molecule has 0 unspecified atom stereocenters. The van der Waals surface area contributed by atoms with E-state index >= 15 is 0 Å². The van der Waals surface area contributed by atoms with Crippen molar-refractivity contribution in [2.24, 2.45) is 5.64 Å². The largest absolute Gasteiger partial charge is 0.488 e. The summed E-state index contributed by atoms with van der Waals surface area (Å²) in [6.45, 7) is -0.906. The van der Waals surface area contributed by atoms with Gasteiger partial charge in [-0.25, -0.2) is 0 Å². The SMILES string of the molecule is NB(C(=O)O)c1ccccc1. The average Bonchev–Trinajstić information content (AvgIpc) is 2.05. The van der Waals surface area contributed by atoms with Gasteiger partial charge >= 0.3 is 6.85 Å². The van der Waals surface area contributed by atoms with Crippen molar-refractivity contribution in [3.05, 3.63) is 30.3 Å². The summed E-state index contributed by atoms with van der Waals surface area (Å²) in [5.74, 6) is -1.00. The van der Waals surface area contributed by atoms with Crippen LogP contribution in [0.3, 0.4) is 0 Å². The molecule has 3 nitrogen and oxygen atoms in total. The Morgan fingerprint density at radius 3 is 2.36 bits per heavy atom. The summed E-state index contributed by atoms with van der Waals surface area (Å²) in [7, 11) is 0. The number of nitrogens with two attached hydrogens (primary N) is 1. The minimum Gasteiger partial charge on any atom is -0.488 e. The second kappa shape index (κ2) is 3.21. The van der Waals surface area contributed by atoms with Gasteiger partial charge in [-0.05, 0) is 0 Å². The Bertz CT molecular complexity index is 250. The predicted octanol–water partition coefficient (Wildman–Crippen LogP) is 0.103. The first-order valence-electron chi connectivity index (χ1n) is 3.25. The van der Waals surface area contributed by atoms with E-state index in [9.17, 15) is 4.79 Å². The van der Waals surface area contributed by atoms with Crippen LogP contribution in [-0.4, -0.2) is 17.8 Å². The van der Waals surface area contributed by atoms with Gasteiger partial charge in [0, 0.05) is 0 Å². The molecule has 0 spiro atoms. The first kappa shape index (κ1) is 7.82. The molecule has 4 heteroatoms. The summed E-state index contributed by atoms with van der Waals surface area (Å²) in [5.41, 5.74) is 5.96. The third kappa shape index (κ3) is 1.81. The number of hydrogen-bond donors (Lipinski definition) is 2. The second-order valence-corrected chi connectivity index (χ2v) is 2.23. The van der Waals surface area contributed by atoms with Crippen LogP contribution in [0.25, 0.3) is 0 Å². The average molecular weight is 149 g/mol. The molecule has 0 aliphatic heterocycles. The van der Waals surface area contributed by atoms with Crippen molar-refractivity contribution in [3.8, 4) is 0 Å². The van der Waals surface area contributed by atoms with Gasteiger partial charge in [0.1, 0.15) is 0 Å². The van der Waals surface area contributed by atoms with Crippen molar-refractivity contribution >= 4 is 18.2 Å². The lowest BCUT2D eigenvalue weighted by molar-refractivity contribution is 0.219. The van der Waals surface area contributed by atoms with Crippen LogP contribution in [0.5, 0.6) is 0 Å². The smallest absolute Gasteiger partial charge is 0.386 e. The third-order valence-electron chi connectivity index (χ3n) is 1.42. The van der Waals surface area contributed by atoms with Crippen LogP contribution in [0.1, 0.15) is 0 Å². The zero-order chi connectivity index (χ0) is 8.27. The monoisotopic (exact) mass is 149 g/mol. The van der Waals surface area contributed by atoms with Crippen LogP contribution in [0.4, 0.5) is 4.79 Å². The summed E-state index contributed by atoms with van der Waals surface area (Å²) < 4.78 is 0. The molecule has 0 aromatic heterocycles. The van der Waals surface area contributed by atoms with E-state index in [2.05, 4.69) is 0 Å². The molecule has 1 aromatic rings. The van der Waals surface area contributed by atoms with Gasteiger partial charge in [-0.15, -0.1) is 0 Å². The van der Waals surface area contributed by atoms with Crippen LogP contribution in [0.15, 0.2) is 30.3 Å². The lowest BCUT2D eigenvalue weighted by Crippen LogP contribution is -2.46. The van der Waals surface area contributed by atoms with Crippen LogP contribution >= 0.6 is 0 Å². The highest BCUT2D eigenvalue weighted by Gasteiger charge is 2.19. The van der Waals surface area contributed by atoms with E-state index in [1.165, 1.54) is 0 Å². The molecule has 3 N–H and O–H groups in total. The van der Waals surface area contributed by atoms with Crippen molar-refractivity contribution in [3.63, 3.8) is 0 Å². The Morgan fingerprint density at radius 1 is 1.36 bits per heavy atom. The maximum absolute atomic E-state index is 10.4.